The Morgan fingerprint density at radius 1 is 1.26 bits per heavy atom. The minimum atomic E-state index is -0.0926. The Labute approximate surface area is 161 Å². The summed E-state index contributed by atoms with van der Waals surface area (Å²) >= 11 is 5.05. The van der Waals surface area contributed by atoms with Crippen LogP contribution in [0.4, 0.5) is 0 Å². The van der Waals surface area contributed by atoms with Gasteiger partial charge in [0.2, 0.25) is 0 Å². The number of benzene rings is 1. The highest BCUT2D eigenvalue weighted by atomic mass is 32.1. The van der Waals surface area contributed by atoms with E-state index in [1.54, 1.807) is 7.11 Å². The Kier molecular flexibility index (Phi) is 4.87. The predicted octanol–water partition coefficient (Wildman–Crippen LogP) is 3.06. The number of aromatic nitrogens is 3. The molecule has 0 fully saturated rings. The second kappa shape index (κ2) is 7.46. The topological polar surface area (TPSA) is 74.0 Å². The maximum atomic E-state index is 12.1. The number of rotatable bonds is 4. The van der Waals surface area contributed by atoms with Gasteiger partial charge < -0.3 is 9.72 Å². The van der Waals surface area contributed by atoms with E-state index in [4.69, 9.17) is 17.0 Å². The molecular formula is C20H20N4O2S. The van der Waals surface area contributed by atoms with Gasteiger partial charge in [0.25, 0.3) is 5.56 Å². The van der Waals surface area contributed by atoms with E-state index in [0.717, 1.165) is 53.3 Å². The highest BCUT2D eigenvalue weighted by molar-refractivity contribution is 7.71. The van der Waals surface area contributed by atoms with Crippen molar-refractivity contribution >= 4 is 12.2 Å². The molecule has 3 heterocycles. The Balaban J connectivity index is 1.49. The van der Waals surface area contributed by atoms with Crippen molar-refractivity contribution in [2.24, 2.45) is 0 Å². The van der Waals surface area contributed by atoms with E-state index in [-0.39, 0.29) is 5.56 Å². The fourth-order valence-electron chi connectivity index (χ4n) is 3.38. The zero-order valence-electron chi connectivity index (χ0n) is 15.0. The Morgan fingerprint density at radius 3 is 2.93 bits per heavy atom. The van der Waals surface area contributed by atoms with Crippen LogP contribution in [0.15, 0.2) is 47.4 Å². The van der Waals surface area contributed by atoms with E-state index < -0.39 is 0 Å². The molecule has 138 valence electrons. The van der Waals surface area contributed by atoms with Crippen molar-refractivity contribution in [3.05, 3.63) is 74.5 Å². The zero-order valence-corrected chi connectivity index (χ0v) is 15.8. The van der Waals surface area contributed by atoms with Crippen molar-refractivity contribution in [1.29, 1.82) is 0 Å². The van der Waals surface area contributed by atoms with Crippen LogP contribution in [-0.2, 0) is 19.5 Å². The fourth-order valence-corrected chi connectivity index (χ4v) is 3.59. The number of hydrogen-bond donors (Lipinski definition) is 2. The summed E-state index contributed by atoms with van der Waals surface area (Å²) in [6.07, 6.45) is 2.69. The van der Waals surface area contributed by atoms with E-state index in [2.05, 4.69) is 25.9 Å². The van der Waals surface area contributed by atoms with E-state index in [0.29, 0.717) is 11.3 Å². The van der Waals surface area contributed by atoms with Gasteiger partial charge in [-0.2, -0.15) is 0 Å². The molecule has 1 aromatic carbocycles. The second-order valence-corrected chi connectivity index (χ2v) is 7.02. The lowest BCUT2D eigenvalue weighted by Gasteiger charge is -2.27. The van der Waals surface area contributed by atoms with E-state index in [1.165, 1.54) is 0 Å². The molecule has 3 aromatic rings. The number of ether oxygens (including phenoxy) is 1. The molecule has 4 rings (SSSR count). The summed E-state index contributed by atoms with van der Waals surface area (Å²) in [4.78, 5) is 24.8. The molecule has 27 heavy (non-hydrogen) atoms. The van der Waals surface area contributed by atoms with Crippen LogP contribution in [0.3, 0.4) is 0 Å². The first-order valence-electron chi connectivity index (χ1n) is 8.78. The fraction of sp³-hybridized carbons (Fsp3) is 0.250. The zero-order chi connectivity index (χ0) is 18.8. The first-order valence-corrected chi connectivity index (χ1v) is 9.19. The first kappa shape index (κ1) is 17.6. The van der Waals surface area contributed by atoms with Crippen LogP contribution in [-0.4, -0.2) is 33.5 Å². The molecule has 0 atom stereocenters. The van der Waals surface area contributed by atoms with E-state index in [9.17, 15) is 4.79 Å². The Hall–Kier alpha value is -2.77. The molecule has 0 saturated heterocycles. The molecule has 0 radical (unpaired) electrons. The number of H-pyrrole nitrogens is 2. The molecule has 2 N–H and O–H groups in total. The molecule has 2 aromatic heterocycles. The third-order valence-corrected chi connectivity index (χ3v) is 4.99. The lowest BCUT2D eigenvalue weighted by molar-refractivity contribution is 0.241. The molecule has 0 bridgehead atoms. The second-order valence-electron chi connectivity index (χ2n) is 6.61. The standard InChI is InChI=1S/C20H20N4O2S/c1-26-15-4-2-3-14(9-15)17-6-5-13(10-21-17)11-24-8-7-18-16(12-24)19(25)23-20(27)22-18/h2-6,9-10H,7-8,11-12H2,1H3,(H2,22,23,25,27). The number of pyridine rings is 1. The van der Waals surface area contributed by atoms with Crippen LogP contribution in [0.5, 0.6) is 5.75 Å². The molecule has 0 saturated carbocycles. The van der Waals surface area contributed by atoms with Gasteiger partial charge in [0.1, 0.15) is 5.75 Å². The molecular weight excluding hydrogens is 360 g/mol. The predicted molar refractivity (Wildman–Crippen MR) is 106 cm³/mol. The van der Waals surface area contributed by atoms with Crippen molar-refractivity contribution in [2.45, 2.75) is 19.5 Å². The first-order chi connectivity index (χ1) is 13.1. The normalized spacial score (nSPS) is 14.0. The van der Waals surface area contributed by atoms with Gasteiger partial charge in [-0.3, -0.25) is 19.7 Å². The van der Waals surface area contributed by atoms with Crippen LogP contribution >= 0.6 is 12.2 Å². The van der Waals surface area contributed by atoms with Crippen molar-refractivity contribution < 1.29 is 4.74 Å². The van der Waals surface area contributed by atoms with Crippen molar-refractivity contribution in [1.82, 2.24) is 19.9 Å². The molecule has 1 aliphatic rings. The van der Waals surface area contributed by atoms with Gasteiger partial charge in [-0.15, -0.1) is 0 Å². The third-order valence-electron chi connectivity index (χ3n) is 4.79. The van der Waals surface area contributed by atoms with Crippen LogP contribution < -0.4 is 10.3 Å². The minimum Gasteiger partial charge on any atom is -0.497 e. The molecule has 0 amide bonds. The van der Waals surface area contributed by atoms with Gasteiger partial charge in [-0.1, -0.05) is 18.2 Å². The van der Waals surface area contributed by atoms with Crippen LogP contribution in [0.2, 0.25) is 0 Å². The van der Waals surface area contributed by atoms with Gasteiger partial charge in [0.15, 0.2) is 4.77 Å². The number of nitrogens with zero attached hydrogens (tertiary/aromatic N) is 2. The molecule has 0 aliphatic carbocycles. The smallest absolute Gasteiger partial charge is 0.256 e. The van der Waals surface area contributed by atoms with Gasteiger partial charge in [-0.05, 0) is 36.0 Å². The quantitative estimate of drug-likeness (QED) is 0.681. The van der Waals surface area contributed by atoms with Gasteiger partial charge in [0.05, 0.1) is 18.4 Å². The average Bonchev–Trinajstić information content (AvgIpc) is 2.69. The summed E-state index contributed by atoms with van der Waals surface area (Å²) in [5, 5.41) is 0. The molecule has 6 nitrogen and oxygen atoms in total. The largest absolute Gasteiger partial charge is 0.497 e. The SMILES string of the molecule is COc1cccc(-c2ccc(CN3CCc4[nH]c(=S)[nH]c(=O)c4C3)cn2)c1. The average molecular weight is 380 g/mol. The lowest BCUT2D eigenvalue weighted by atomic mass is 10.1. The summed E-state index contributed by atoms with van der Waals surface area (Å²) in [5.41, 5.74) is 4.68. The van der Waals surface area contributed by atoms with E-state index >= 15 is 0 Å². The molecule has 7 heteroatoms. The summed E-state index contributed by atoms with van der Waals surface area (Å²) in [6, 6.07) is 12.0. The number of nitrogens with one attached hydrogen (secondary N) is 2. The van der Waals surface area contributed by atoms with Gasteiger partial charge in [0, 0.05) is 43.5 Å². The highest BCUT2D eigenvalue weighted by Gasteiger charge is 2.19. The maximum Gasteiger partial charge on any atom is 0.256 e. The van der Waals surface area contributed by atoms with Gasteiger partial charge >= 0.3 is 0 Å². The minimum absolute atomic E-state index is 0.0926. The Bertz CT molecular complexity index is 1070. The molecule has 0 unspecified atom stereocenters. The van der Waals surface area contributed by atoms with Crippen molar-refractivity contribution in [3.8, 4) is 17.0 Å². The summed E-state index contributed by atoms with van der Waals surface area (Å²) in [6.45, 7) is 2.23. The lowest BCUT2D eigenvalue weighted by Crippen LogP contribution is -2.35. The van der Waals surface area contributed by atoms with Crippen LogP contribution in [0, 0.1) is 4.77 Å². The Morgan fingerprint density at radius 2 is 2.15 bits per heavy atom. The monoisotopic (exact) mass is 380 g/mol. The third kappa shape index (κ3) is 3.84. The van der Waals surface area contributed by atoms with Crippen molar-refractivity contribution in [2.75, 3.05) is 13.7 Å². The van der Waals surface area contributed by atoms with E-state index in [1.807, 2.05) is 36.5 Å². The number of fused-ring (bicyclic) bond motifs is 1. The van der Waals surface area contributed by atoms with Crippen molar-refractivity contribution in [3.63, 3.8) is 0 Å². The summed E-state index contributed by atoms with van der Waals surface area (Å²) in [7, 11) is 1.66. The molecule has 1 aliphatic heterocycles. The number of aromatic amines is 2. The van der Waals surface area contributed by atoms with Crippen LogP contribution in [0.25, 0.3) is 11.3 Å². The highest BCUT2D eigenvalue weighted by Crippen LogP contribution is 2.23. The molecule has 0 spiro atoms. The van der Waals surface area contributed by atoms with Gasteiger partial charge in [-0.25, -0.2) is 0 Å². The summed E-state index contributed by atoms with van der Waals surface area (Å²) in [5.74, 6) is 0.814. The summed E-state index contributed by atoms with van der Waals surface area (Å²) < 4.78 is 5.67. The number of methoxy groups -OCH3 is 1. The van der Waals surface area contributed by atoms with Crippen LogP contribution in [0.1, 0.15) is 16.8 Å². The number of hydrogen-bond acceptors (Lipinski definition) is 5. The maximum absolute atomic E-state index is 12.1.